The Labute approximate surface area is 126 Å². The first-order valence-electron chi connectivity index (χ1n) is 5.99. The molecule has 1 atom stereocenters. The zero-order valence-electron chi connectivity index (χ0n) is 11.4. The third-order valence-electron chi connectivity index (χ3n) is 3.35. The third-order valence-corrected chi connectivity index (χ3v) is 4.49. The van der Waals surface area contributed by atoms with Gasteiger partial charge in [0.2, 0.25) is 0 Å². The molecule has 0 bridgehead atoms. The Morgan fingerprint density at radius 2 is 1.89 bits per heavy atom. The third kappa shape index (κ3) is 2.67. The Morgan fingerprint density at radius 3 is 2.37 bits per heavy atom. The number of halogens is 2. The maximum absolute atomic E-state index is 6.63. The van der Waals surface area contributed by atoms with E-state index in [9.17, 15) is 0 Å². The average molecular weight is 344 g/mol. The summed E-state index contributed by atoms with van der Waals surface area (Å²) in [6, 6.07) is 5.80. The van der Waals surface area contributed by atoms with E-state index < -0.39 is 0 Å². The molecule has 1 unspecified atom stereocenters. The lowest BCUT2D eigenvalue weighted by Crippen LogP contribution is -1.98. The summed E-state index contributed by atoms with van der Waals surface area (Å²) in [6.45, 7) is 5.94. The molecule has 102 valence electrons. The van der Waals surface area contributed by atoms with Crippen LogP contribution in [0.1, 0.15) is 33.6 Å². The van der Waals surface area contributed by atoms with Crippen LogP contribution in [0.15, 0.2) is 27.1 Å². The van der Waals surface area contributed by atoms with Gasteiger partial charge in [0, 0.05) is 10.0 Å². The molecule has 2 rings (SSSR count). The molecule has 1 aromatic heterocycles. The van der Waals surface area contributed by atoms with Crippen LogP contribution in [0.25, 0.3) is 0 Å². The highest BCUT2D eigenvalue weighted by molar-refractivity contribution is 9.10. The van der Waals surface area contributed by atoms with Gasteiger partial charge >= 0.3 is 0 Å². The standard InChI is InChI=1S/C15H16BrClO2/c1-8-9(2)19-10(3)14(8)15(17)12-6-5-11(18-4)7-13(12)16/h5-7,15H,1-4H3. The van der Waals surface area contributed by atoms with Crippen molar-refractivity contribution in [2.24, 2.45) is 0 Å². The van der Waals surface area contributed by atoms with Crippen molar-refractivity contribution >= 4 is 27.5 Å². The van der Waals surface area contributed by atoms with E-state index in [0.29, 0.717) is 0 Å². The van der Waals surface area contributed by atoms with Crippen LogP contribution in [0.5, 0.6) is 5.75 Å². The number of benzene rings is 1. The van der Waals surface area contributed by atoms with Crippen LogP contribution in [0.3, 0.4) is 0 Å². The van der Waals surface area contributed by atoms with E-state index in [4.69, 9.17) is 20.8 Å². The van der Waals surface area contributed by atoms with E-state index in [-0.39, 0.29) is 5.38 Å². The molecule has 2 aromatic rings. The fraction of sp³-hybridized carbons (Fsp3) is 0.333. The number of furan rings is 1. The fourth-order valence-corrected chi connectivity index (χ4v) is 3.41. The Balaban J connectivity index is 2.47. The maximum Gasteiger partial charge on any atom is 0.120 e. The largest absolute Gasteiger partial charge is 0.497 e. The van der Waals surface area contributed by atoms with Crippen molar-refractivity contribution in [3.8, 4) is 5.75 Å². The first-order valence-corrected chi connectivity index (χ1v) is 7.22. The van der Waals surface area contributed by atoms with Crippen LogP contribution >= 0.6 is 27.5 Å². The smallest absolute Gasteiger partial charge is 0.120 e. The number of hydrogen-bond donors (Lipinski definition) is 0. The number of rotatable bonds is 3. The molecule has 19 heavy (non-hydrogen) atoms. The van der Waals surface area contributed by atoms with E-state index >= 15 is 0 Å². The van der Waals surface area contributed by atoms with Gasteiger partial charge in [-0.15, -0.1) is 11.6 Å². The Hall–Kier alpha value is -0.930. The second kappa shape index (κ2) is 5.59. The first kappa shape index (κ1) is 14.5. The van der Waals surface area contributed by atoms with Crippen molar-refractivity contribution in [3.05, 3.63) is 50.9 Å². The van der Waals surface area contributed by atoms with E-state index in [1.54, 1.807) is 7.11 Å². The van der Waals surface area contributed by atoms with Gasteiger partial charge in [-0.1, -0.05) is 22.0 Å². The van der Waals surface area contributed by atoms with Gasteiger partial charge in [0.25, 0.3) is 0 Å². The van der Waals surface area contributed by atoms with Crippen molar-refractivity contribution in [2.45, 2.75) is 26.1 Å². The molecule has 0 spiro atoms. The molecule has 0 aliphatic heterocycles. The van der Waals surface area contributed by atoms with Crippen LogP contribution in [0, 0.1) is 20.8 Å². The van der Waals surface area contributed by atoms with E-state index in [1.165, 1.54) is 0 Å². The Kier molecular flexibility index (Phi) is 4.26. The molecular weight excluding hydrogens is 328 g/mol. The van der Waals surface area contributed by atoms with Crippen LogP contribution < -0.4 is 4.74 Å². The molecule has 1 aromatic carbocycles. The highest BCUT2D eigenvalue weighted by Crippen LogP contribution is 2.39. The van der Waals surface area contributed by atoms with Gasteiger partial charge in [-0.2, -0.15) is 0 Å². The molecule has 0 amide bonds. The van der Waals surface area contributed by atoms with Gasteiger partial charge in [0.1, 0.15) is 17.3 Å². The van der Waals surface area contributed by atoms with Crippen molar-refractivity contribution in [3.63, 3.8) is 0 Å². The topological polar surface area (TPSA) is 22.4 Å². The molecule has 0 N–H and O–H groups in total. The second-order valence-corrected chi connectivity index (χ2v) is 5.79. The summed E-state index contributed by atoms with van der Waals surface area (Å²) in [5.74, 6) is 2.59. The van der Waals surface area contributed by atoms with E-state index in [2.05, 4.69) is 15.9 Å². The molecular formula is C15H16BrClO2. The number of alkyl halides is 1. The molecule has 0 saturated carbocycles. The summed E-state index contributed by atoms with van der Waals surface area (Å²) >= 11 is 10.2. The predicted molar refractivity (Wildman–Crippen MR) is 81.3 cm³/mol. The highest BCUT2D eigenvalue weighted by atomic mass is 79.9. The lowest BCUT2D eigenvalue weighted by atomic mass is 10.0. The average Bonchev–Trinajstić information content (AvgIpc) is 2.62. The van der Waals surface area contributed by atoms with Crippen LogP contribution in [-0.2, 0) is 0 Å². The molecule has 2 nitrogen and oxygen atoms in total. The number of ether oxygens (including phenoxy) is 1. The van der Waals surface area contributed by atoms with Gasteiger partial charge in [-0.05, 0) is 44.0 Å². The fourth-order valence-electron chi connectivity index (χ4n) is 2.18. The van der Waals surface area contributed by atoms with Gasteiger partial charge in [0.05, 0.1) is 12.5 Å². The highest BCUT2D eigenvalue weighted by Gasteiger charge is 2.22. The molecule has 0 radical (unpaired) electrons. The van der Waals surface area contributed by atoms with E-state index in [0.717, 1.165) is 38.4 Å². The summed E-state index contributed by atoms with van der Waals surface area (Å²) in [5, 5.41) is -0.238. The summed E-state index contributed by atoms with van der Waals surface area (Å²) in [4.78, 5) is 0. The van der Waals surface area contributed by atoms with Crippen molar-refractivity contribution < 1.29 is 9.15 Å². The Morgan fingerprint density at radius 1 is 1.21 bits per heavy atom. The van der Waals surface area contributed by atoms with Crippen molar-refractivity contribution in [1.82, 2.24) is 0 Å². The van der Waals surface area contributed by atoms with Gasteiger partial charge < -0.3 is 9.15 Å². The minimum absolute atomic E-state index is 0.238. The molecule has 0 aliphatic rings. The number of methoxy groups -OCH3 is 1. The SMILES string of the molecule is COc1ccc(C(Cl)c2c(C)oc(C)c2C)c(Br)c1. The lowest BCUT2D eigenvalue weighted by molar-refractivity contribution is 0.414. The minimum atomic E-state index is -0.238. The van der Waals surface area contributed by atoms with Crippen molar-refractivity contribution in [1.29, 1.82) is 0 Å². The molecule has 0 aliphatic carbocycles. The second-order valence-electron chi connectivity index (χ2n) is 4.50. The lowest BCUT2D eigenvalue weighted by Gasteiger charge is -2.13. The predicted octanol–water partition coefficient (Wildman–Crippen LogP) is 5.30. The minimum Gasteiger partial charge on any atom is -0.497 e. The summed E-state index contributed by atoms with van der Waals surface area (Å²) in [6.07, 6.45) is 0. The van der Waals surface area contributed by atoms with Gasteiger partial charge in [-0.25, -0.2) is 0 Å². The monoisotopic (exact) mass is 342 g/mol. The summed E-state index contributed by atoms with van der Waals surface area (Å²) < 4.78 is 11.8. The Bertz CT molecular complexity index is 604. The maximum atomic E-state index is 6.63. The zero-order chi connectivity index (χ0) is 14.2. The van der Waals surface area contributed by atoms with Crippen LogP contribution in [0.4, 0.5) is 0 Å². The summed E-state index contributed by atoms with van der Waals surface area (Å²) in [5.41, 5.74) is 3.17. The van der Waals surface area contributed by atoms with Gasteiger partial charge in [0.15, 0.2) is 0 Å². The molecule has 0 fully saturated rings. The molecule has 4 heteroatoms. The quantitative estimate of drug-likeness (QED) is 0.705. The normalized spacial score (nSPS) is 12.5. The molecule has 0 saturated heterocycles. The van der Waals surface area contributed by atoms with Crippen LogP contribution in [0.2, 0.25) is 0 Å². The number of aryl methyl sites for hydroxylation is 2. The first-order chi connectivity index (χ1) is 8.95. The van der Waals surface area contributed by atoms with E-state index in [1.807, 2.05) is 39.0 Å². The number of hydrogen-bond acceptors (Lipinski definition) is 2. The van der Waals surface area contributed by atoms with Crippen LogP contribution in [-0.4, -0.2) is 7.11 Å². The summed E-state index contributed by atoms with van der Waals surface area (Å²) in [7, 11) is 1.65. The van der Waals surface area contributed by atoms with Crippen molar-refractivity contribution in [2.75, 3.05) is 7.11 Å². The zero-order valence-corrected chi connectivity index (χ0v) is 13.7. The molecule has 1 heterocycles. The van der Waals surface area contributed by atoms with Gasteiger partial charge in [-0.3, -0.25) is 0 Å².